The van der Waals surface area contributed by atoms with Crippen molar-refractivity contribution < 1.29 is 9.47 Å². The molecule has 1 N–H and O–H groups in total. The number of aromatic nitrogens is 3. The zero-order valence-corrected chi connectivity index (χ0v) is 16.2. The van der Waals surface area contributed by atoms with Gasteiger partial charge in [0.2, 0.25) is 10.1 Å². The average Bonchev–Trinajstić information content (AvgIpc) is 3.25. The van der Waals surface area contributed by atoms with Crippen LogP contribution in [0.25, 0.3) is 16.2 Å². The molecule has 0 aliphatic carbocycles. The third-order valence-corrected chi connectivity index (χ3v) is 5.29. The molecular formula is C20H20N4O2S. The summed E-state index contributed by atoms with van der Waals surface area (Å²) in [5, 5.41) is 8.81. The summed E-state index contributed by atoms with van der Waals surface area (Å²) in [5.74, 6) is 1.38. The van der Waals surface area contributed by atoms with Gasteiger partial charge < -0.3 is 14.8 Å². The molecule has 6 nitrogen and oxygen atoms in total. The molecule has 0 aliphatic heterocycles. The molecular weight excluding hydrogens is 360 g/mol. The molecule has 2 heterocycles. The van der Waals surface area contributed by atoms with Crippen molar-refractivity contribution in [3.8, 4) is 22.8 Å². The Bertz CT molecular complexity index is 1060. The van der Waals surface area contributed by atoms with Crippen molar-refractivity contribution >= 4 is 21.4 Å². The number of imidazole rings is 1. The number of ether oxygens (including phenoxy) is 2. The van der Waals surface area contributed by atoms with Crippen LogP contribution in [0.4, 0.5) is 5.13 Å². The van der Waals surface area contributed by atoms with E-state index in [-0.39, 0.29) is 0 Å². The molecule has 4 aromatic rings. The minimum absolute atomic E-state index is 0.680. The predicted octanol–water partition coefficient (Wildman–Crippen LogP) is 4.40. The van der Waals surface area contributed by atoms with Gasteiger partial charge in [-0.05, 0) is 36.2 Å². The molecule has 0 bridgehead atoms. The molecule has 0 amide bonds. The number of hydrogen-bond donors (Lipinski definition) is 1. The van der Waals surface area contributed by atoms with E-state index in [0.29, 0.717) is 11.5 Å². The highest BCUT2D eigenvalue weighted by molar-refractivity contribution is 7.20. The molecule has 0 fully saturated rings. The minimum Gasteiger partial charge on any atom is -0.493 e. The summed E-state index contributed by atoms with van der Waals surface area (Å²) in [6.45, 7) is 2.85. The van der Waals surface area contributed by atoms with Crippen molar-refractivity contribution in [1.82, 2.24) is 14.6 Å². The lowest BCUT2D eigenvalue weighted by atomic mass is 10.1. The molecule has 0 saturated heterocycles. The number of hydrogen-bond acceptors (Lipinski definition) is 6. The third kappa shape index (κ3) is 3.46. The third-order valence-electron chi connectivity index (χ3n) is 4.41. The molecule has 138 valence electrons. The van der Waals surface area contributed by atoms with Crippen LogP contribution in [0.15, 0.2) is 48.7 Å². The van der Waals surface area contributed by atoms with Crippen LogP contribution in [0.5, 0.6) is 11.5 Å². The highest BCUT2D eigenvalue weighted by Gasteiger charge is 2.12. The second-order valence-corrected chi connectivity index (χ2v) is 7.07. The van der Waals surface area contributed by atoms with Gasteiger partial charge in [-0.3, -0.25) is 0 Å². The molecule has 27 heavy (non-hydrogen) atoms. The summed E-state index contributed by atoms with van der Waals surface area (Å²) >= 11 is 1.53. The number of anilines is 1. The van der Waals surface area contributed by atoms with Crippen LogP contribution in [0, 0.1) is 6.92 Å². The molecule has 7 heteroatoms. The first kappa shape index (κ1) is 17.4. The monoisotopic (exact) mass is 380 g/mol. The largest absolute Gasteiger partial charge is 0.493 e. The number of nitrogens with zero attached hydrogens (tertiary/aromatic N) is 3. The predicted molar refractivity (Wildman–Crippen MR) is 108 cm³/mol. The van der Waals surface area contributed by atoms with Gasteiger partial charge in [0.1, 0.15) is 0 Å². The second-order valence-electron chi connectivity index (χ2n) is 6.11. The van der Waals surface area contributed by atoms with Crippen LogP contribution >= 0.6 is 11.3 Å². The van der Waals surface area contributed by atoms with Crippen molar-refractivity contribution in [2.24, 2.45) is 0 Å². The van der Waals surface area contributed by atoms with Gasteiger partial charge >= 0.3 is 0 Å². The SMILES string of the molecule is COc1ccc(-c2cn3nc(NCc4ccccc4C)sc3n2)cc1OC. The Morgan fingerprint density at radius 3 is 2.63 bits per heavy atom. The fourth-order valence-electron chi connectivity index (χ4n) is 2.89. The maximum Gasteiger partial charge on any atom is 0.214 e. The Balaban J connectivity index is 1.55. The van der Waals surface area contributed by atoms with E-state index in [4.69, 9.17) is 9.47 Å². The highest BCUT2D eigenvalue weighted by Crippen LogP contribution is 2.32. The minimum atomic E-state index is 0.680. The van der Waals surface area contributed by atoms with Gasteiger partial charge in [0.05, 0.1) is 26.1 Å². The van der Waals surface area contributed by atoms with Gasteiger partial charge in [0.15, 0.2) is 11.5 Å². The number of aryl methyl sites for hydroxylation is 1. The first-order chi connectivity index (χ1) is 13.2. The molecule has 0 radical (unpaired) electrons. The highest BCUT2D eigenvalue weighted by atomic mass is 32.1. The number of benzene rings is 2. The first-order valence-electron chi connectivity index (χ1n) is 8.55. The lowest BCUT2D eigenvalue weighted by Crippen LogP contribution is -2.01. The standard InChI is InChI=1S/C20H20N4O2S/c1-13-6-4-5-7-15(13)11-21-19-23-24-12-16(22-20(24)27-19)14-8-9-17(25-2)18(10-14)26-3/h4-10,12H,11H2,1-3H3,(H,21,23). The van der Waals surface area contributed by atoms with E-state index >= 15 is 0 Å². The summed E-state index contributed by atoms with van der Waals surface area (Å²) < 4.78 is 12.5. The summed E-state index contributed by atoms with van der Waals surface area (Å²) in [6, 6.07) is 14.1. The van der Waals surface area contributed by atoms with Crippen LogP contribution in [0.3, 0.4) is 0 Å². The first-order valence-corrected chi connectivity index (χ1v) is 9.36. The van der Waals surface area contributed by atoms with Gasteiger partial charge in [-0.25, -0.2) is 9.50 Å². The van der Waals surface area contributed by atoms with Crippen LogP contribution in [0.1, 0.15) is 11.1 Å². The zero-order chi connectivity index (χ0) is 18.8. The number of fused-ring (bicyclic) bond motifs is 1. The Kier molecular flexibility index (Phi) is 4.68. The number of rotatable bonds is 6. The number of methoxy groups -OCH3 is 2. The van der Waals surface area contributed by atoms with Crippen molar-refractivity contribution in [3.63, 3.8) is 0 Å². The van der Waals surface area contributed by atoms with Gasteiger partial charge in [-0.1, -0.05) is 35.6 Å². The zero-order valence-electron chi connectivity index (χ0n) is 15.4. The van der Waals surface area contributed by atoms with E-state index in [1.54, 1.807) is 18.7 Å². The normalized spacial score (nSPS) is 10.9. The molecule has 0 atom stereocenters. The average molecular weight is 380 g/mol. The Hall–Kier alpha value is -3.06. The van der Waals surface area contributed by atoms with Crippen LogP contribution in [-0.2, 0) is 6.54 Å². The lowest BCUT2D eigenvalue weighted by Gasteiger charge is -2.08. The molecule has 2 aromatic carbocycles. The fourth-order valence-corrected chi connectivity index (χ4v) is 3.66. The van der Waals surface area contributed by atoms with E-state index in [9.17, 15) is 0 Å². The Morgan fingerprint density at radius 2 is 1.89 bits per heavy atom. The van der Waals surface area contributed by atoms with Gasteiger partial charge in [0.25, 0.3) is 0 Å². The van der Waals surface area contributed by atoms with Gasteiger partial charge in [-0.2, -0.15) is 0 Å². The van der Waals surface area contributed by atoms with Crippen molar-refractivity contribution in [2.75, 3.05) is 19.5 Å². The van der Waals surface area contributed by atoms with E-state index in [1.165, 1.54) is 22.5 Å². The van der Waals surface area contributed by atoms with Crippen LogP contribution < -0.4 is 14.8 Å². The van der Waals surface area contributed by atoms with Crippen molar-refractivity contribution in [3.05, 3.63) is 59.8 Å². The quantitative estimate of drug-likeness (QED) is 0.537. The number of nitrogens with one attached hydrogen (secondary N) is 1. The summed E-state index contributed by atoms with van der Waals surface area (Å²) in [6.07, 6.45) is 1.92. The molecule has 0 aliphatic rings. The maximum absolute atomic E-state index is 5.37. The maximum atomic E-state index is 5.37. The summed E-state index contributed by atoms with van der Waals surface area (Å²) in [5.41, 5.74) is 4.33. The van der Waals surface area contributed by atoms with Crippen molar-refractivity contribution in [1.29, 1.82) is 0 Å². The van der Waals surface area contributed by atoms with Crippen molar-refractivity contribution in [2.45, 2.75) is 13.5 Å². The van der Waals surface area contributed by atoms with Gasteiger partial charge in [0, 0.05) is 12.1 Å². The summed E-state index contributed by atoms with van der Waals surface area (Å²) in [7, 11) is 3.25. The van der Waals surface area contributed by atoms with Crippen LogP contribution in [0.2, 0.25) is 0 Å². The molecule has 0 unspecified atom stereocenters. The van der Waals surface area contributed by atoms with E-state index in [1.807, 2.05) is 36.5 Å². The van der Waals surface area contributed by atoms with E-state index in [0.717, 1.165) is 27.9 Å². The molecule has 4 rings (SSSR count). The fraction of sp³-hybridized carbons (Fsp3) is 0.200. The lowest BCUT2D eigenvalue weighted by molar-refractivity contribution is 0.355. The molecule has 0 spiro atoms. The van der Waals surface area contributed by atoms with E-state index in [2.05, 4.69) is 34.5 Å². The summed E-state index contributed by atoms with van der Waals surface area (Å²) in [4.78, 5) is 5.53. The topological polar surface area (TPSA) is 60.7 Å². The molecule has 0 saturated carbocycles. The van der Waals surface area contributed by atoms with E-state index < -0.39 is 0 Å². The molecule has 2 aromatic heterocycles. The Morgan fingerprint density at radius 1 is 1.07 bits per heavy atom. The second kappa shape index (κ2) is 7.28. The van der Waals surface area contributed by atoms with Gasteiger partial charge in [-0.15, -0.1) is 5.10 Å². The van der Waals surface area contributed by atoms with Crippen LogP contribution in [-0.4, -0.2) is 28.8 Å². The smallest absolute Gasteiger partial charge is 0.214 e. The Labute approximate surface area is 161 Å².